The molecular weight excluding hydrogens is 318 g/mol. The number of fused-ring (bicyclic) bond motifs is 1. The maximum Gasteiger partial charge on any atom is 0.128 e. The first-order valence-electron chi connectivity index (χ1n) is 6.35. The largest absolute Gasteiger partial charge is 0.393 e. The summed E-state index contributed by atoms with van der Waals surface area (Å²) < 4.78 is 0. The van der Waals surface area contributed by atoms with Gasteiger partial charge in [-0.3, -0.25) is 0 Å². The third-order valence-corrected chi connectivity index (χ3v) is 5.30. The second-order valence-corrected chi connectivity index (χ2v) is 6.98. The van der Waals surface area contributed by atoms with Crippen LogP contribution in [0, 0.1) is 6.92 Å². The zero-order valence-corrected chi connectivity index (χ0v) is 13.8. The fraction of sp³-hybridized carbons (Fsp3) is 0.133. The minimum absolute atomic E-state index is 0.485. The van der Waals surface area contributed by atoms with Crippen molar-refractivity contribution < 1.29 is 0 Å². The monoisotopic (exact) mass is 331 g/mol. The topological polar surface area (TPSA) is 51.8 Å². The number of hydrogen-bond donors (Lipinski definition) is 1. The van der Waals surface area contributed by atoms with Gasteiger partial charge in [0.25, 0.3) is 0 Å². The highest BCUT2D eigenvalue weighted by molar-refractivity contribution is 8.01. The molecule has 0 aliphatic carbocycles. The number of hydrogen-bond acceptors (Lipinski definition) is 5. The lowest BCUT2D eigenvalue weighted by atomic mass is 10.1. The van der Waals surface area contributed by atoms with Crippen LogP contribution < -0.4 is 5.73 Å². The first-order valence-corrected chi connectivity index (χ1v) is 8.63. The molecule has 2 aromatic heterocycles. The summed E-state index contributed by atoms with van der Waals surface area (Å²) in [5.41, 5.74) is 9.19. The van der Waals surface area contributed by atoms with Crippen molar-refractivity contribution in [3.8, 4) is 11.1 Å². The first-order chi connectivity index (χ1) is 10.1. The third kappa shape index (κ3) is 3.07. The summed E-state index contributed by atoms with van der Waals surface area (Å²) in [6.45, 7) is 2.09. The van der Waals surface area contributed by atoms with Crippen LogP contribution >= 0.6 is 35.3 Å². The molecule has 0 fully saturated rings. The zero-order chi connectivity index (χ0) is 14.8. The normalized spacial score (nSPS) is 10.9. The average molecular weight is 331 g/mol. The van der Waals surface area contributed by atoms with E-state index in [1.54, 1.807) is 29.4 Å². The van der Waals surface area contributed by atoms with Gasteiger partial charge in [-0.25, -0.2) is 9.97 Å². The molecule has 3 aromatic rings. The van der Waals surface area contributed by atoms with Crippen molar-refractivity contribution in [2.45, 2.75) is 11.9 Å². The fourth-order valence-electron chi connectivity index (χ4n) is 2.04. The Morgan fingerprint density at radius 3 is 2.76 bits per heavy atom. The third-order valence-electron chi connectivity index (χ3n) is 3.05. The van der Waals surface area contributed by atoms with E-state index in [0.29, 0.717) is 10.7 Å². The number of thiocarbonyl (C=S) groups is 1. The van der Waals surface area contributed by atoms with Crippen molar-refractivity contribution >= 4 is 50.5 Å². The second-order valence-electron chi connectivity index (χ2n) is 4.63. The van der Waals surface area contributed by atoms with Crippen molar-refractivity contribution in [3.05, 3.63) is 41.5 Å². The lowest BCUT2D eigenvalue weighted by molar-refractivity contribution is 1.11. The van der Waals surface area contributed by atoms with Crippen molar-refractivity contribution in [2.24, 2.45) is 5.73 Å². The molecule has 2 N–H and O–H groups in total. The lowest BCUT2D eigenvalue weighted by Gasteiger charge is -2.05. The Morgan fingerprint density at radius 1 is 1.29 bits per heavy atom. The van der Waals surface area contributed by atoms with Gasteiger partial charge in [-0.15, -0.1) is 11.3 Å². The summed E-state index contributed by atoms with van der Waals surface area (Å²) in [6, 6.07) is 8.49. The second kappa shape index (κ2) is 6.09. The molecule has 0 atom stereocenters. The van der Waals surface area contributed by atoms with Crippen LogP contribution in [0.15, 0.2) is 41.0 Å². The maximum absolute atomic E-state index is 5.60. The molecule has 0 radical (unpaired) electrons. The van der Waals surface area contributed by atoms with E-state index in [2.05, 4.69) is 46.5 Å². The molecular formula is C15H13N3S3. The van der Waals surface area contributed by atoms with Gasteiger partial charge in [0.2, 0.25) is 0 Å². The fourth-order valence-corrected chi connectivity index (χ4v) is 3.95. The highest BCUT2D eigenvalue weighted by atomic mass is 32.2. The first kappa shape index (κ1) is 14.4. The smallest absolute Gasteiger partial charge is 0.128 e. The Balaban J connectivity index is 2.10. The zero-order valence-electron chi connectivity index (χ0n) is 11.4. The van der Waals surface area contributed by atoms with E-state index in [4.69, 9.17) is 18.0 Å². The molecule has 0 bridgehead atoms. The summed E-state index contributed by atoms with van der Waals surface area (Å²) in [4.78, 5) is 10.2. The minimum Gasteiger partial charge on any atom is -0.393 e. The van der Waals surface area contributed by atoms with E-state index in [-0.39, 0.29) is 0 Å². The number of thioether (sulfide) groups is 1. The minimum atomic E-state index is 0.485. The van der Waals surface area contributed by atoms with Crippen LogP contribution in [0.25, 0.3) is 21.3 Å². The Labute approximate surface area is 136 Å². The van der Waals surface area contributed by atoms with E-state index in [9.17, 15) is 0 Å². The van der Waals surface area contributed by atoms with E-state index in [1.165, 1.54) is 16.7 Å². The summed E-state index contributed by atoms with van der Waals surface area (Å²) in [7, 11) is 0. The summed E-state index contributed by atoms with van der Waals surface area (Å²) >= 11 is 8.15. The SMILES string of the molecule is Cc1ccc(-c2csc3ncnc(SCC(N)=S)c23)cc1. The number of aromatic nitrogens is 2. The molecule has 0 aliphatic heterocycles. The van der Waals surface area contributed by atoms with Gasteiger partial charge in [-0.1, -0.05) is 53.8 Å². The van der Waals surface area contributed by atoms with Gasteiger partial charge in [0.15, 0.2) is 0 Å². The molecule has 0 saturated heterocycles. The molecule has 6 heteroatoms. The number of aryl methyl sites for hydroxylation is 1. The number of thiophene rings is 1. The number of nitrogens with two attached hydrogens (primary N) is 1. The quantitative estimate of drug-likeness (QED) is 0.444. The molecule has 3 nitrogen and oxygen atoms in total. The Kier molecular flexibility index (Phi) is 4.19. The highest BCUT2D eigenvalue weighted by Gasteiger charge is 2.13. The highest BCUT2D eigenvalue weighted by Crippen LogP contribution is 2.37. The molecule has 2 heterocycles. The van der Waals surface area contributed by atoms with Gasteiger partial charge in [0.1, 0.15) is 16.2 Å². The molecule has 0 aliphatic rings. The van der Waals surface area contributed by atoms with Crippen LogP contribution in [-0.4, -0.2) is 20.7 Å². The van der Waals surface area contributed by atoms with E-state index in [1.807, 2.05) is 0 Å². The van der Waals surface area contributed by atoms with Gasteiger partial charge in [-0.2, -0.15) is 0 Å². The van der Waals surface area contributed by atoms with Gasteiger partial charge in [0, 0.05) is 16.7 Å². The Hall–Kier alpha value is -1.50. The predicted octanol–water partition coefficient (Wildman–Crippen LogP) is 4.04. The number of nitrogens with zero attached hydrogens (tertiary/aromatic N) is 2. The van der Waals surface area contributed by atoms with Crippen LogP contribution in [0.3, 0.4) is 0 Å². The van der Waals surface area contributed by atoms with Gasteiger partial charge in [-0.05, 0) is 12.5 Å². The van der Waals surface area contributed by atoms with Gasteiger partial charge < -0.3 is 5.73 Å². The number of benzene rings is 1. The maximum atomic E-state index is 5.60. The predicted molar refractivity (Wildman–Crippen MR) is 95.1 cm³/mol. The van der Waals surface area contributed by atoms with E-state index < -0.39 is 0 Å². The molecule has 0 unspecified atom stereocenters. The van der Waals surface area contributed by atoms with Crippen molar-refractivity contribution in [1.29, 1.82) is 0 Å². The van der Waals surface area contributed by atoms with Gasteiger partial charge >= 0.3 is 0 Å². The van der Waals surface area contributed by atoms with Crippen molar-refractivity contribution in [3.63, 3.8) is 0 Å². The van der Waals surface area contributed by atoms with E-state index >= 15 is 0 Å². The average Bonchev–Trinajstić information content (AvgIpc) is 2.90. The standard InChI is InChI=1S/C15H13N3S3/c1-9-2-4-10(5-3-9)11-6-20-14-13(11)15(18-8-17-14)21-7-12(16)19/h2-6,8H,7H2,1H3,(H2,16,19). The molecule has 0 spiro atoms. The Bertz CT molecular complexity index is 794. The van der Waals surface area contributed by atoms with Gasteiger partial charge in [0.05, 0.1) is 10.4 Å². The van der Waals surface area contributed by atoms with Crippen LogP contribution in [-0.2, 0) is 0 Å². The van der Waals surface area contributed by atoms with E-state index in [0.717, 1.165) is 15.2 Å². The molecule has 3 rings (SSSR count). The van der Waals surface area contributed by atoms with Crippen molar-refractivity contribution in [2.75, 3.05) is 5.75 Å². The molecule has 1 aromatic carbocycles. The molecule has 21 heavy (non-hydrogen) atoms. The number of rotatable bonds is 4. The summed E-state index contributed by atoms with van der Waals surface area (Å²) in [6.07, 6.45) is 1.60. The summed E-state index contributed by atoms with van der Waals surface area (Å²) in [5, 5.41) is 4.16. The van der Waals surface area contributed by atoms with Crippen LogP contribution in [0.2, 0.25) is 0 Å². The van der Waals surface area contributed by atoms with Crippen molar-refractivity contribution in [1.82, 2.24) is 9.97 Å². The Morgan fingerprint density at radius 2 is 2.05 bits per heavy atom. The van der Waals surface area contributed by atoms with Crippen LogP contribution in [0.4, 0.5) is 0 Å². The molecule has 0 amide bonds. The molecule has 106 valence electrons. The molecule has 0 saturated carbocycles. The summed E-state index contributed by atoms with van der Waals surface area (Å²) in [5.74, 6) is 0.588. The lowest BCUT2D eigenvalue weighted by Crippen LogP contribution is -2.10. The van der Waals surface area contributed by atoms with Crippen LogP contribution in [0.5, 0.6) is 0 Å². The van der Waals surface area contributed by atoms with Crippen LogP contribution in [0.1, 0.15) is 5.56 Å².